The molecule has 0 bridgehead atoms. The second-order valence-corrected chi connectivity index (χ2v) is 9.51. The van der Waals surface area contributed by atoms with Crippen molar-refractivity contribution in [3.05, 3.63) is 51.9 Å². The molecule has 33 heavy (non-hydrogen) atoms. The van der Waals surface area contributed by atoms with Crippen molar-refractivity contribution in [1.82, 2.24) is 25.5 Å². The van der Waals surface area contributed by atoms with Crippen LogP contribution in [-0.2, 0) is 22.7 Å². The second-order valence-electron chi connectivity index (χ2n) is 8.70. The van der Waals surface area contributed by atoms with Crippen LogP contribution in [0.15, 0.2) is 35.2 Å². The zero-order valence-corrected chi connectivity index (χ0v) is 19.7. The quantitative estimate of drug-likeness (QED) is 0.587. The van der Waals surface area contributed by atoms with E-state index in [0.717, 1.165) is 42.9 Å². The highest BCUT2D eigenvalue weighted by Gasteiger charge is 2.39. The first-order valence-electron chi connectivity index (χ1n) is 11.2. The summed E-state index contributed by atoms with van der Waals surface area (Å²) < 4.78 is 0.688. The van der Waals surface area contributed by atoms with E-state index in [9.17, 15) is 14.4 Å². The fraction of sp³-hybridized carbons (Fsp3) is 0.435. The zero-order chi connectivity index (χ0) is 22.9. The van der Waals surface area contributed by atoms with Gasteiger partial charge in [-0.1, -0.05) is 12.1 Å². The van der Waals surface area contributed by atoms with E-state index >= 15 is 0 Å². The number of anilines is 1. The molecule has 10 heteroatoms. The van der Waals surface area contributed by atoms with Crippen molar-refractivity contribution >= 4 is 39.5 Å². The Kier molecular flexibility index (Phi) is 6.11. The molecule has 3 aliphatic heterocycles. The third kappa shape index (κ3) is 4.49. The summed E-state index contributed by atoms with van der Waals surface area (Å²) in [5.41, 5.74) is 2.55. The fourth-order valence-electron chi connectivity index (χ4n) is 4.87. The van der Waals surface area contributed by atoms with Gasteiger partial charge in [0.25, 0.3) is 5.91 Å². The summed E-state index contributed by atoms with van der Waals surface area (Å²) in [7, 11) is 0. The third-order valence-electron chi connectivity index (χ3n) is 6.60. The molecular formula is C23H25BrN6O3. The van der Waals surface area contributed by atoms with Crippen LogP contribution in [-0.4, -0.2) is 57.8 Å². The van der Waals surface area contributed by atoms with Gasteiger partial charge in [0.15, 0.2) is 0 Å². The van der Waals surface area contributed by atoms with Crippen molar-refractivity contribution in [1.29, 1.82) is 0 Å². The highest BCUT2D eigenvalue weighted by atomic mass is 79.9. The summed E-state index contributed by atoms with van der Waals surface area (Å²) in [6.45, 7) is 2.90. The molecule has 2 saturated heterocycles. The Bertz CT molecular complexity index is 1090. The Hall–Kier alpha value is -2.85. The van der Waals surface area contributed by atoms with Gasteiger partial charge in [-0.3, -0.25) is 19.7 Å². The molecule has 4 heterocycles. The molecule has 5 rings (SSSR count). The minimum atomic E-state index is -0.602. The topological polar surface area (TPSA) is 108 Å². The highest BCUT2D eigenvalue weighted by molar-refractivity contribution is 9.10. The van der Waals surface area contributed by atoms with Crippen LogP contribution < -0.4 is 15.5 Å². The maximum Gasteiger partial charge on any atom is 0.255 e. The van der Waals surface area contributed by atoms with E-state index in [-0.39, 0.29) is 18.2 Å². The molecule has 0 aliphatic carbocycles. The van der Waals surface area contributed by atoms with Crippen LogP contribution in [0.5, 0.6) is 0 Å². The smallest absolute Gasteiger partial charge is 0.255 e. The molecule has 3 amide bonds. The Labute approximate surface area is 200 Å². The molecule has 9 nitrogen and oxygen atoms in total. The summed E-state index contributed by atoms with van der Waals surface area (Å²) in [5.74, 6) is -0.0180. The normalized spacial score (nSPS) is 21.2. The molecule has 0 spiro atoms. The molecule has 0 saturated carbocycles. The van der Waals surface area contributed by atoms with E-state index in [1.807, 2.05) is 18.2 Å². The van der Waals surface area contributed by atoms with E-state index in [1.165, 1.54) is 0 Å². The van der Waals surface area contributed by atoms with Crippen LogP contribution in [0.4, 0.5) is 5.82 Å². The number of carbonyl (C=O) groups is 3. The van der Waals surface area contributed by atoms with Gasteiger partial charge < -0.3 is 15.1 Å². The van der Waals surface area contributed by atoms with Crippen molar-refractivity contribution in [2.24, 2.45) is 0 Å². The first kappa shape index (κ1) is 22.0. The van der Waals surface area contributed by atoms with E-state index < -0.39 is 11.9 Å². The fourth-order valence-corrected chi connectivity index (χ4v) is 5.07. The van der Waals surface area contributed by atoms with Crippen LogP contribution in [0.2, 0.25) is 0 Å². The number of piperidine rings is 2. The minimum Gasteiger partial charge on any atom is -0.348 e. The van der Waals surface area contributed by atoms with E-state index in [0.29, 0.717) is 35.7 Å². The Morgan fingerprint density at radius 3 is 2.64 bits per heavy atom. The van der Waals surface area contributed by atoms with Gasteiger partial charge in [-0.05, 0) is 65.5 Å². The molecule has 2 fully saturated rings. The second kappa shape index (κ2) is 9.18. The van der Waals surface area contributed by atoms with Gasteiger partial charge in [-0.15, -0.1) is 0 Å². The molecular weight excluding hydrogens is 488 g/mol. The first-order valence-corrected chi connectivity index (χ1v) is 12.0. The predicted octanol–water partition coefficient (Wildman–Crippen LogP) is 1.76. The molecule has 0 radical (unpaired) electrons. The molecule has 1 unspecified atom stereocenters. The summed E-state index contributed by atoms with van der Waals surface area (Å²) >= 11 is 3.35. The SMILES string of the molecule is O=C1CCC(N2Cc3ccc(CN(c4cnc(Br)cn4)C4CCNCC4)cc3C2=O)C(=O)N1. The van der Waals surface area contributed by atoms with Crippen molar-refractivity contribution in [3.8, 4) is 0 Å². The van der Waals surface area contributed by atoms with E-state index in [4.69, 9.17) is 0 Å². The van der Waals surface area contributed by atoms with Gasteiger partial charge in [0.05, 0.1) is 12.4 Å². The molecule has 1 aromatic carbocycles. The average molecular weight is 513 g/mol. The van der Waals surface area contributed by atoms with E-state index in [2.05, 4.69) is 41.4 Å². The largest absolute Gasteiger partial charge is 0.348 e. The number of hydrogen-bond acceptors (Lipinski definition) is 7. The number of hydrogen-bond donors (Lipinski definition) is 2. The van der Waals surface area contributed by atoms with Gasteiger partial charge in [-0.2, -0.15) is 0 Å². The number of benzene rings is 1. The Morgan fingerprint density at radius 2 is 1.91 bits per heavy atom. The number of amides is 3. The molecule has 2 aromatic rings. The number of halogens is 1. The van der Waals surface area contributed by atoms with Crippen molar-refractivity contribution < 1.29 is 14.4 Å². The summed E-state index contributed by atoms with van der Waals surface area (Å²) in [4.78, 5) is 49.8. The van der Waals surface area contributed by atoms with Crippen LogP contribution in [0.1, 0.15) is 47.2 Å². The maximum absolute atomic E-state index is 13.2. The summed E-state index contributed by atoms with van der Waals surface area (Å²) in [6, 6.07) is 5.67. The lowest BCUT2D eigenvalue weighted by Gasteiger charge is -2.35. The molecule has 1 aromatic heterocycles. The predicted molar refractivity (Wildman–Crippen MR) is 124 cm³/mol. The molecule has 1 atom stereocenters. The van der Waals surface area contributed by atoms with Crippen molar-refractivity contribution in [3.63, 3.8) is 0 Å². The number of fused-ring (bicyclic) bond motifs is 1. The first-order chi connectivity index (χ1) is 16.0. The Morgan fingerprint density at radius 1 is 1.09 bits per heavy atom. The number of imide groups is 1. The van der Waals surface area contributed by atoms with Crippen LogP contribution in [0, 0.1) is 0 Å². The number of rotatable bonds is 5. The minimum absolute atomic E-state index is 0.154. The number of aromatic nitrogens is 2. The van der Waals surface area contributed by atoms with Crippen LogP contribution in [0.25, 0.3) is 0 Å². The number of carbonyl (C=O) groups excluding carboxylic acids is 3. The third-order valence-corrected chi connectivity index (χ3v) is 7.01. The van der Waals surface area contributed by atoms with Gasteiger partial charge in [0.1, 0.15) is 16.5 Å². The number of nitrogens with zero attached hydrogens (tertiary/aromatic N) is 4. The number of nitrogens with one attached hydrogen (secondary N) is 2. The van der Waals surface area contributed by atoms with Crippen LogP contribution >= 0.6 is 15.9 Å². The van der Waals surface area contributed by atoms with Gasteiger partial charge in [0.2, 0.25) is 11.8 Å². The molecule has 2 N–H and O–H groups in total. The summed E-state index contributed by atoms with van der Waals surface area (Å²) in [5, 5.41) is 5.75. The maximum atomic E-state index is 13.2. The lowest BCUT2D eigenvalue weighted by molar-refractivity contribution is -0.136. The standard InChI is InChI=1S/C23H25BrN6O3/c24-19-10-27-20(11-26-19)29(16-5-7-25-8-6-16)12-14-1-2-15-13-30(23(33)17(15)9-14)18-3-4-21(31)28-22(18)32/h1-2,9-11,16,18,25H,3-8,12-13H2,(H,28,31,32). The zero-order valence-electron chi connectivity index (χ0n) is 18.1. The lowest BCUT2D eigenvalue weighted by atomic mass is 10.0. The van der Waals surface area contributed by atoms with Gasteiger partial charge >= 0.3 is 0 Å². The molecule has 172 valence electrons. The Balaban J connectivity index is 1.38. The van der Waals surface area contributed by atoms with Crippen molar-refractivity contribution in [2.75, 3.05) is 18.0 Å². The summed E-state index contributed by atoms with van der Waals surface area (Å²) in [6.07, 6.45) is 6.10. The molecule has 3 aliphatic rings. The van der Waals surface area contributed by atoms with Crippen LogP contribution in [0.3, 0.4) is 0 Å². The van der Waals surface area contributed by atoms with E-state index in [1.54, 1.807) is 17.3 Å². The highest BCUT2D eigenvalue weighted by Crippen LogP contribution is 2.30. The van der Waals surface area contributed by atoms with Gasteiger partial charge in [-0.25, -0.2) is 9.97 Å². The van der Waals surface area contributed by atoms with Gasteiger partial charge in [0, 0.05) is 31.1 Å². The lowest BCUT2D eigenvalue weighted by Crippen LogP contribution is -2.52. The average Bonchev–Trinajstić information content (AvgIpc) is 3.14. The monoisotopic (exact) mass is 512 g/mol. The van der Waals surface area contributed by atoms with Crippen molar-refractivity contribution in [2.45, 2.75) is 50.9 Å².